The van der Waals surface area contributed by atoms with Crippen molar-refractivity contribution in [3.8, 4) is 0 Å². The molecule has 1 saturated carbocycles. The summed E-state index contributed by atoms with van der Waals surface area (Å²) < 4.78 is 1.21. The maximum Gasteiger partial charge on any atom is 0.335 e. The molecule has 0 aromatic carbocycles. The zero-order chi connectivity index (χ0) is 14.7. The summed E-state index contributed by atoms with van der Waals surface area (Å²) in [7, 11) is 0. The monoisotopic (exact) mass is 277 g/mol. The fourth-order valence-corrected chi connectivity index (χ4v) is 2.69. The molecule has 2 rings (SSSR count). The minimum atomic E-state index is -0.368. The second kappa shape index (κ2) is 6.25. The molecule has 0 bridgehead atoms. The topological polar surface area (TPSA) is 48.3 Å². The zero-order valence-electron chi connectivity index (χ0n) is 12.5. The zero-order valence-corrected chi connectivity index (χ0v) is 12.5. The van der Waals surface area contributed by atoms with E-state index >= 15 is 0 Å². The molecule has 1 aliphatic rings. The normalized spacial score (nSPS) is 16.4. The minimum absolute atomic E-state index is 0.248. The first-order chi connectivity index (χ1) is 9.49. The molecule has 1 heterocycles. The van der Waals surface area contributed by atoms with Crippen LogP contribution in [0.1, 0.15) is 63.1 Å². The summed E-state index contributed by atoms with van der Waals surface area (Å²) in [4.78, 5) is 29.3. The molecular weight excluding hydrogens is 254 g/mol. The molecule has 0 amide bonds. The molecule has 0 radical (unpaired) electrons. The van der Waals surface area contributed by atoms with E-state index in [1.807, 2.05) is 13.0 Å². The van der Waals surface area contributed by atoms with Gasteiger partial charge in [0, 0.05) is 12.0 Å². The summed E-state index contributed by atoms with van der Waals surface area (Å²) in [6.45, 7) is 5.44. The summed E-state index contributed by atoms with van der Waals surface area (Å²) in [5.74, 6) is -0.299. The highest BCUT2D eigenvalue weighted by molar-refractivity contribution is 5.71. The van der Waals surface area contributed by atoms with E-state index in [4.69, 9.17) is 4.84 Å². The molecule has 1 aromatic rings. The summed E-state index contributed by atoms with van der Waals surface area (Å²) >= 11 is 0. The van der Waals surface area contributed by atoms with Gasteiger partial charge in [-0.2, -0.15) is 0 Å². The standard InChI is InChI=1S/C16H23NO3/c1-11(2)16(19)20-17-14(9-12(3)10-15(17)18)13-7-5-4-6-8-13/h9-11,13H,4-8H2,1-3H3. The number of aryl methyl sites for hydroxylation is 1. The Morgan fingerprint density at radius 1 is 1.25 bits per heavy atom. The van der Waals surface area contributed by atoms with Gasteiger partial charge in [-0.1, -0.05) is 33.1 Å². The van der Waals surface area contributed by atoms with Crippen LogP contribution in [0.15, 0.2) is 16.9 Å². The number of pyridine rings is 1. The minimum Gasteiger partial charge on any atom is -0.333 e. The van der Waals surface area contributed by atoms with Crippen LogP contribution in [0, 0.1) is 12.8 Å². The fraction of sp³-hybridized carbons (Fsp3) is 0.625. The molecule has 1 fully saturated rings. The van der Waals surface area contributed by atoms with Crippen LogP contribution in [-0.4, -0.2) is 10.7 Å². The van der Waals surface area contributed by atoms with Crippen molar-refractivity contribution in [1.29, 1.82) is 0 Å². The van der Waals surface area contributed by atoms with E-state index in [2.05, 4.69) is 0 Å². The quantitative estimate of drug-likeness (QED) is 0.853. The van der Waals surface area contributed by atoms with Crippen LogP contribution in [0.4, 0.5) is 0 Å². The molecule has 110 valence electrons. The van der Waals surface area contributed by atoms with Gasteiger partial charge in [0.15, 0.2) is 0 Å². The van der Waals surface area contributed by atoms with Crippen LogP contribution >= 0.6 is 0 Å². The van der Waals surface area contributed by atoms with Crippen molar-refractivity contribution in [2.45, 2.75) is 58.8 Å². The predicted octanol–water partition coefficient (Wildman–Crippen LogP) is 2.82. The average Bonchev–Trinajstić information content (AvgIpc) is 2.42. The molecule has 20 heavy (non-hydrogen) atoms. The van der Waals surface area contributed by atoms with Crippen LogP contribution in [0.5, 0.6) is 0 Å². The van der Waals surface area contributed by atoms with E-state index in [1.165, 1.54) is 30.1 Å². The van der Waals surface area contributed by atoms with Gasteiger partial charge in [0.25, 0.3) is 5.56 Å². The molecule has 0 aliphatic heterocycles. The van der Waals surface area contributed by atoms with Gasteiger partial charge in [-0.3, -0.25) is 4.79 Å². The van der Waals surface area contributed by atoms with Gasteiger partial charge in [-0.25, -0.2) is 4.79 Å². The molecule has 0 N–H and O–H groups in total. The highest BCUT2D eigenvalue weighted by Crippen LogP contribution is 2.32. The summed E-state index contributed by atoms with van der Waals surface area (Å²) in [6, 6.07) is 3.49. The smallest absolute Gasteiger partial charge is 0.333 e. The van der Waals surface area contributed by atoms with Gasteiger partial charge in [-0.15, -0.1) is 4.73 Å². The van der Waals surface area contributed by atoms with Gasteiger partial charge in [0.1, 0.15) is 0 Å². The first-order valence-corrected chi connectivity index (χ1v) is 7.45. The number of carbonyl (C=O) groups is 1. The lowest BCUT2D eigenvalue weighted by Gasteiger charge is -2.24. The summed E-state index contributed by atoms with van der Waals surface area (Å²) in [5, 5.41) is 0. The Morgan fingerprint density at radius 3 is 2.50 bits per heavy atom. The van der Waals surface area contributed by atoms with E-state index < -0.39 is 0 Å². The Balaban J connectivity index is 2.37. The largest absolute Gasteiger partial charge is 0.335 e. The Labute approximate surface area is 119 Å². The number of hydrogen-bond acceptors (Lipinski definition) is 3. The van der Waals surface area contributed by atoms with Crippen LogP contribution in [0.25, 0.3) is 0 Å². The van der Waals surface area contributed by atoms with Crippen molar-refractivity contribution in [2.24, 2.45) is 5.92 Å². The third-order valence-electron chi connectivity index (χ3n) is 3.84. The number of nitrogens with zero attached hydrogens (tertiary/aromatic N) is 1. The number of hydrogen-bond donors (Lipinski definition) is 0. The second-order valence-corrected chi connectivity index (χ2v) is 5.99. The van der Waals surface area contributed by atoms with Crippen LogP contribution < -0.4 is 10.4 Å². The van der Waals surface area contributed by atoms with Gasteiger partial charge < -0.3 is 4.84 Å². The average molecular weight is 277 g/mol. The van der Waals surface area contributed by atoms with E-state index in [1.54, 1.807) is 13.8 Å². The first kappa shape index (κ1) is 14.8. The van der Waals surface area contributed by atoms with Crippen molar-refractivity contribution >= 4 is 5.97 Å². The van der Waals surface area contributed by atoms with Gasteiger partial charge in [0.2, 0.25) is 0 Å². The Bertz CT molecular complexity index is 539. The third kappa shape index (κ3) is 3.30. The van der Waals surface area contributed by atoms with E-state index in [9.17, 15) is 9.59 Å². The van der Waals surface area contributed by atoms with Crippen LogP contribution in [0.3, 0.4) is 0 Å². The molecule has 1 aliphatic carbocycles. The van der Waals surface area contributed by atoms with Crippen LogP contribution in [-0.2, 0) is 4.79 Å². The Morgan fingerprint density at radius 2 is 1.90 bits per heavy atom. The highest BCUT2D eigenvalue weighted by Gasteiger charge is 2.22. The summed E-state index contributed by atoms with van der Waals surface area (Å²) in [6.07, 6.45) is 5.71. The molecule has 4 heteroatoms. The third-order valence-corrected chi connectivity index (χ3v) is 3.84. The van der Waals surface area contributed by atoms with Crippen molar-refractivity contribution < 1.29 is 9.63 Å². The lowest BCUT2D eigenvalue weighted by Crippen LogP contribution is -2.36. The molecular formula is C16H23NO3. The summed E-state index contributed by atoms with van der Waals surface area (Å²) in [5.41, 5.74) is 1.52. The molecule has 4 nitrogen and oxygen atoms in total. The Hall–Kier alpha value is -1.58. The van der Waals surface area contributed by atoms with Gasteiger partial charge in [0.05, 0.1) is 11.6 Å². The molecule has 1 aromatic heterocycles. The molecule has 0 unspecified atom stereocenters. The van der Waals surface area contributed by atoms with E-state index in [0.717, 1.165) is 24.1 Å². The lowest BCUT2D eigenvalue weighted by atomic mass is 9.86. The predicted molar refractivity (Wildman–Crippen MR) is 77.7 cm³/mol. The van der Waals surface area contributed by atoms with E-state index in [0.29, 0.717) is 5.92 Å². The van der Waals surface area contributed by atoms with Crippen molar-refractivity contribution in [1.82, 2.24) is 4.73 Å². The highest BCUT2D eigenvalue weighted by atomic mass is 16.7. The SMILES string of the molecule is Cc1cc(C2CCCCC2)n(OC(=O)C(C)C)c(=O)c1. The van der Waals surface area contributed by atoms with Crippen molar-refractivity contribution in [2.75, 3.05) is 0 Å². The fourth-order valence-electron chi connectivity index (χ4n) is 2.69. The number of carbonyl (C=O) groups excluding carboxylic acids is 1. The van der Waals surface area contributed by atoms with Crippen molar-refractivity contribution in [3.05, 3.63) is 33.7 Å². The van der Waals surface area contributed by atoms with Crippen molar-refractivity contribution in [3.63, 3.8) is 0 Å². The van der Waals surface area contributed by atoms with Gasteiger partial charge in [-0.05, 0) is 31.4 Å². The lowest BCUT2D eigenvalue weighted by molar-refractivity contribution is -0.148. The Kier molecular flexibility index (Phi) is 4.63. The van der Waals surface area contributed by atoms with Crippen LogP contribution in [0.2, 0.25) is 0 Å². The van der Waals surface area contributed by atoms with Gasteiger partial charge >= 0.3 is 5.97 Å². The van der Waals surface area contributed by atoms with E-state index in [-0.39, 0.29) is 17.4 Å². The maximum atomic E-state index is 12.1. The molecule has 0 saturated heterocycles. The first-order valence-electron chi connectivity index (χ1n) is 7.45. The second-order valence-electron chi connectivity index (χ2n) is 5.99. The number of rotatable bonds is 3. The number of aromatic nitrogens is 1. The molecule has 0 atom stereocenters. The maximum absolute atomic E-state index is 12.1. The molecule has 0 spiro atoms.